The standard InChI is InChI=1S/C20H27ClN6O/c1-3-26-5-4-16(23-26)11-25(2)17(28)19-7-14-6-15(8-19)10-20(9-14,12-19)27-13-22-18(21)24-27/h4-5,13-15H,3,6-12H2,1-2H3. The van der Waals surface area contributed by atoms with Crippen molar-refractivity contribution < 1.29 is 4.79 Å². The third kappa shape index (κ3) is 2.78. The van der Waals surface area contributed by atoms with Crippen LogP contribution in [0.4, 0.5) is 0 Å². The van der Waals surface area contributed by atoms with Gasteiger partial charge in [-0.25, -0.2) is 9.67 Å². The van der Waals surface area contributed by atoms with Crippen LogP contribution in [-0.2, 0) is 23.4 Å². The first-order valence-corrected chi connectivity index (χ1v) is 10.6. The highest BCUT2D eigenvalue weighted by Gasteiger charge is 2.62. The summed E-state index contributed by atoms with van der Waals surface area (Å²) in [6.07, 6.45) is 9.99. The number of hydrogen-bond donors (Lipinski definition) is 0. The average Bonchev–Trinajstić information content (AvgIpc) is 3.29. The fourth-order valence-corrected chi connectivity index (χ4v) is 6.71. The van der Waals surface area contributed by atoms with Gasteiger partial charge >= 0.3 is 0 Å². The molecule has 0 aliphatic heterocycles. The molecule has 0 spiro atoms. The Labute approximate surface area is 170 Å². The Morgan fingerprint density at radius 2 is 2.04 bits per heavy atom. The minimum absolute atomic E-state index is 0.107. The number of amides is 1. The summed E-state index contributed by atoms with van der Waals surface area (Å²) >= 11 is 6.03. The number of aromatic nitrogens is 5. The van der Waals surface area contributed by atoms with Crippen molar-refractivity contribution in [2.24, 2.45) is 17.3 Å². The van der Waals surface area contributed by atoms with Crippen LogP contribution >= 0.6 is 11.6 Å². The third-order valence-corrected chi connectivity index (χ3v) is 7.37. The maximum atomic E-state index is 13.7. The molecule has 0 N–H and O–H groups in total. The molecule has 7 nitrogen and oxygen atoms in total. The quantitative estimate of drug-likeness (QED) is 0.770. The first kappa shape index (κ1) is 18.2. The largest absolute Gasteiger partial charge is 0.339 e. The smallest absolute Gasteiger partial charge is 0.242 e. The molecule has 2 aromatic heterocycles. The van der Waals surface area contributed by atoms with E-state index in [0.29, 0.717) is 23.7 Å². The summed E-state index contributed by atoms with van der Waals surface area (Å²) < 4.78 is 3.87. The van der Waals surface area contributed by atoms with Crippen LogP contribution in [-0.4, -0.2) is 42.4 Å². The van der Waals surface area contributed by atoms with Gasteiger partial charge in [0.2, 0.25) is 11.2 Å². The Hall–Kier alpha value is -1.89. The monoisotopic (exact) mass is 402 g/mol. The first-order chi connectivity index (χ1) is 13.4. The molecule has 4 aliphatic rings. The highest BCUT2D eigenvalue weighted by Crippen LogP contribution is 2.64. The van der Waals surface area contributed by atoms with Gasteiger partial charge in [-0.15, -0.1) is 5.10 Å². The summed E-state index contributed by atoms with van der Waals surface area (Å²) in [4.78, 5) is 19.7. The summed E-state index contributed by atoms with van der Waals surface area (Å²) in [6, 6.07) is 2.01. The van der Waals surface area contributed by atoms with Crippen molar-refractivity contribution in [2.75, 3.05) is 7.05 Å². The van der Waals surface area contributed by atoms with E-state index in [4.69, 9.17) is 11.6 Å². The molecular formula is C20H27ClN6O. The Bertz CT molecular complexity index is 890. The van der Waals surface area contributed by atoms with Gasteiger partial charge in [0, 0.05) is 19.8 Å². The van der Waals surface area contributed by atoms with E-state index in [1.807, 2.05) is 33.6 Å². The van der Waals surface area contributed by atoms with E-state index in [0.717, 1.165) is 44.3 Å². The fraction of sp³-hybridized carbons (Fsp3) is 0.700. The lowest BCUT2D eigenvalue weighted by Crippen LogP contribution is -2.61. The molecule has 150 valence electrons. The predicted octanol–water partition coefficient (Wildman–Crippen LogP) is 3.10. The molecule has 4 fully saturated rings. The van der Waals surface area contributed by atoms with Crippen molar-refractivity contribution in [2.45, 2.75) is 64.1 Å². The van der Waals surface area contributed by atoms with Crippen LogP contribution in [0.1, 0.15) is 51.1 Å². The summed E-state index contributed by atoms with van der Waals surface area (Å²) in [5, 5.41) is 9.29. The number of carbonyl (C=O) groups excluding carboxylic acids is 1. The second-order valence-electron chi connectivity index (χ2n) is 9.25. The molecule has 1 amide bonds. The molecule has 4 aliphatic carbocycles. The maximum Gasteiger partial charge on any atom is 0.242 e. The zero-order valence-electron chi connectivity index (χ0n) is 16.5. The average molecular weight is 403 g/mol. The number of carbonyl (C=O) groups is 1. The summed E-state index contributed by atoms with van der Waals surface area (Å²) in [7, 11) is 1.92. The molecule has 4 saturated carbocycles. The minimum Gasteiger partial charge on any atom is -0.339 e. The van der Waals surface area contributed by atoms with Gasteiger partial charge in [-0.1, -0.05) is 0 Å². The number of rotatable bonds is 5. The summed E-state index contributed by atoms with van der Waals surface area (Å²) in [6.45, 7) is 3.47. The van der Waals surface area contributed by atoms with E-state index in [9.17, 15) is 4.79 Å². The van der Waals surface area contributed by atoms with Crippen LogP contribution in [0.5, 0.6) is 0 Å². The number of aryl methyl sites for hydroxylation is 1. The van der Waals surface area contributed by atoms with Crippen molar-refractivity contribution in [3.63, 3.8) is 0 Å². The van der Waals surface area contributed by atoms with Gasteiger partial charge in [0.15, 0.2) is 0 Å². The van der Waals surface area contributed by atoms with Crippen LogP contribution in [0, 0.1) is 17.3 Å². The lowest BCUT2D eigenvalue weighted by atomic mass is 9.46. The third-order valence-electron chi connectivity index (χ3n) is 7.20. The van der Waals surface area contributed by atoms with Crippen molar-refractivity contribution in [1.82, 2.24) is 29.4 Å². The Kier molecular flexibility index (Phi) is 4.09. The molecule has 4 bridgehead atoms. The van der Waals surface area contributed by atoms with Crippen molar-refractivity contribution in [3.8, 4) is 0 Å². The molecule has 2 unspecified atom stereocenters. The van der Waals surface area contributed by atoms with Gasteiger partial charge in [0.25, 0.3) is 0 Å². The Balaban J connectivity index is 1.41. The molecule has 6 rings (SSSR count). The molecule has 0 radical (unpaired) electrons. The topological polar surface area (TPSA) is 68.8 Å². The molecule has 0 saturated heterocycles. The molecule has 28 heavy (non-hydrogen) atoms. The maximum absolute atomic E-state index is 13.7. The fourth-order valence-electron chi connectivity index (χ4n) is 6.59. The van der Waals surface area contributed by atoms with Crippen molar-refractivity contribution in [1.29, 1.82) is 0 Å². The van der Waals surface area contributed by atoms with E-state index in [1.54, 1.807) is 6.33 Å². The van der Waals surface area contributed by atoms with E-state index in [2.05, 4.69) is 22.1 Å². The van der Waals surface area contributed by atoms with Crippen LogP contribution < -0.4 is 0 Å². The van der Waals surface area contributed by atoms with E-state index in [-0.39, 0.29) is 16.9 Å². The van der Waals surface area contributed by atoms with Gasteiger partial charge in [-0.05, 0) is 75.0 Å². The SMILES string of the molecule is CCn1ccc(CN(C)C(=O)C23CC4CC(C2)CC(n2cnc(Cl)n2)(C4)C3)n1. The zero-order valence-corrected chi connectivity index (χ0v) is 17.3. The molecule has 8 heteroatoms. The lowest BCUT2D eigenvalue weighted by Gasteiger charge is -2.61. The van der Waals surface area contributed by atoms with E-state index < -0.39 is 0 Å². The molecule has 0 aromatic carbocycles. The number of hydrogen-bond acceptors (Lipinski definition) is 4. The predicted molar refractivity (Wildman–Crippen MR) is 104 cm³/mol. The van der Waals surface area contributed by atoms with Gasteiger partial charge in [-0.3, -0.25) is 9.48 Å². The highest BCUT2D eigenvalue weighted by atomic mass is 35.5. The highest BCUT2D eigenvalue weighted by molar-refractivity contribution is 6.28. The van der Waals surface area contributed by atoms with Gasteiger partial charge < -0.3 is 4.90 Å². The van der Waals surface area contributed by atoms with Crippen LogP contribution in [0.25, 0.3) is 0 Å². The van der Waals surface area contributed by atoms with Crippen molar-refractivity contribution in [3.05, 3.63) is 29.6 Å². The Morgan fingerprint density at radius 3 is 2.64 bits per heavy atom. The van der Waals surface area contributed by atoms with Crippen LogP contribution in [0.2, 0.25) is 5.28 Å². The summed E-state index contributed by atoms with van der Waals surface area (Å²) in [5.41, 5.74) is 0.551. The lowest BCUT2D eigenvalue weighted by molar-refractivity contribution is -0.166. The number of nitrogens with zero attached hydrogens (tertiary/aromatic N) is 6. The molecule has 2 heterocycles. The second kappa shape index (κ2) is 6.31. The first-order valence-electron chi connectivity index (χ1n) is 10.3. The van der Waals surface area contributed by atoms with E-state index in [1.165, 1.54) is 6.42 Å². The Morgan fingerprint density at radius 1 is 1.29 bits per heavy atom. The zero-order chi connectivity index (χ0) is 19.5. The van der Waals surface area contributed by atoms with Gasteiger partial charge in [0.05, 0.1) is 23.2 Å². The number of halogens is 1. The normalized spacial score (nSPS) is 33.4. The minimum atomic E-state index is -0.287. The molecule has 2 atom stereocenters. The van der Waals surface area contributed by atoms with E-state index >= 15 is 0 Å². The summed E-state index contributed by atoms with van der Waals surface area (Å²) in [5.74, 6) is 1.44. The second-order valence-corrected chi connectivity index (χ2v) is 9.59. The van der Waals surface area contributed by atoms with Crippen LogP contribution in [0.15, 0.2) is 18.6 Å². The van der Waals surface area contributed by atoms with Gasteiger partial charge in [0.1, 0.15) is 6.33 Å². The molecular weight excluding hydrogens is 376 g/mol. The van der Waals surface area contributed by atoms with Gasteiger partial charge in [-0.2, -0.15) is 5.10 Å². The molecule has 2 aromatic rings. The van der Waals surface area contributed by atoms with Crippen molar-refractivity contribution >= 4 is 17.5 Å². The van der Waals surface area contributed by atoms with Crippen LogP contribution in [0.3, 0.4) is 0 Å².